The second kappa shape index (κ2) is 6.27. The van der Waals surface area contributed by atoms with Crippen molar-refractivity contribution in [3.63, 3.8) is 0 Å². The Labute approximate surface area is 117 Å². The lowest BCUT2D eigenvalue weighted by Crippen LogP contribution is -2.10. The van der Waals surface area contributed by atoms with Crippen molar-refractivity contribution in [1.29, 1.82) is 0 Å². The van der Waals surface area contributed by atoms with Crippen LogP contribution in [0.2, 0.25) is 0 Å². The Bertz CT molecular complexity index is 578. The van der Waals surface area contributed by atoms with Gasteiger partial charge < -0.3 is 4.74 Å². The van der Waals surface area contributed by atoms with Gasteiger partial charge in [0.15, 0.2) is 5.69 Å². The molecule has 0 atom stereocenters. The lowest BCUT2D eigenvalue weighted by atomic mass is 10.1. The Kier molecular flexibility index (Phi) is 4.45. The summed E-state index contributed by atoms with van der Waals surface area (Å²) in [6.45, 7) is 6.91. The van der Waals surface area contributed by atoms with Gasteiger partial charge in [-0.2, -0.15) is 0 Å². The first-order valence-electron chi connectivity index (χ1n) is 6.64. The zero-order valence-electron chi connectivity index (χ0n) is 11.9. The predicted molar refractivity (Wildman–Crippen MR) is 74.0 cm³/mol. The topological polar surface area (TPSA) is 69.9 Å². The molecule has 0 aromatic carbocycles. The van der Waals surface area contributed by atoms with E-state index in [1.54, 1.807) is 24.0 Å². The van der Waals surface area contributed by atoms with E-state index in [4.69, 9.17) is 4.74 Å². The molecule has 0 saturated heterocycles. The largest absolute Gasteiger partial charge is 0.461 e. The van der Waals surface area contributed by atoms with Gasteiger partial charge >= 0.3 is 5.97 Å². The van der Waals surface area contributed by atoms with Gasteiger partial charge in [-0.15, -0.1) is 5.10 Å². The molecule has 20 heavy (non-hydrogen) atoms. The molecular formula is C14H18N4O2. The summed E-state index contributed by atoms with van der Waals surface area (Å²) < 4.78 is 6.76. The van der Waals surface area contributed by atoms with Crippen LogP contribution in [0.3, 0.4) is 0 Å². The van der Waals surface area contributed by atoms with Crippen LogP contribution >= 0.6 is 0 Å². The first-order chi connectivity index (χ1) is 9.63. The third kappa shape index (κ3) is 3.01. The molecule has 2 heterocycles. The molecule has 6 heteroatoms. The summed E-state index contributed by atoms with van der Waals surface area (Å²) in [7, 11) is 0. The lowest BCUT2D eigenvalue weighted by Gasteiger charge is -2.09. The molecule has 0 unspecified atom stereocenters. The highest BCUT2D eigenvalue weighted by atomic mass is 16.5. The molecule has 0 spiro atoms. The number of hydrogen-bond acceptors (Lipinski definition) is 5. The average Bonchev–Trinajstić information content (AvgIpc) is 2.83. The predicted octanol–water partition coefficient (Wildman–Crippen LogP) is 2.17. The molecule has 0 aliphatic rings. The first kappa shape index (κ1) is 14.2. The van der Waals surface area contributed by atoms with Crippen LogP contribution in [-0.4, -0.2) is 32.6 Å². The summed E-state index contributed by atoms with van der Waals surface area (Å²) in [5.41, 5.74) is 1.70. The van der Waals surface area contributed by atoms with Gasteiger partial charge in [0.25, 0.3) is 0 Å². The highest BCUT2D eigenvalue weighted by Gasteiger charge is 2.22. The van der Waals surface area contributed by atoms with Crippen molar-refractivity contribution in [2.24, 2.45) is 5.92 Å². The fourth-order valence-electron chi connectivity index (χ4n) is 1.91. The lowest BCUT2D eigenvalue weighted by molar-refractivity contribution is 0.0520. The highest BCUT2D eigenvalue weighted by Crippen LogP contribution is 2.22. The Morgan fingerprint density at radius 3 is 2.85 bits per heavy atom. The van der Waals surface area contributed by atoms with E-state index < -0.39 is 5.97 Å². The maximum atomic E-state index is 12.0. The minimum atomic E-state index is -0.457. The van der Waals surface area contributed by atoms with Gasteiger partial charge in [0.05, 0.1) is 6.61 Å². The maximum absolute atomic E-state index is 12.0. The van der Waals surface area contributed by atoms with E-state index >= 15 is 0 Å². The van der Waals surface area contributed by atoms with Crippen LogP contribution < -0.4 is 0 Å². The Balaban J connectivity index is 2.48. The van der Waals surface area contributed by atoms with Gasteiger partial charge in [-0.25, -0.2) is 9.48 Å². The number of nitrogens with zero attached hydrogens (tertiary/aromatic N) is 4. The van der Waals surface area contributed by atoms with Crippen molar-refractivity contribution in [3.05, 3.63) is 30.2 Å². The van der Waals surface area contributed by atoms with Crippen molar-refractivity contribution in [2.75, 3.05) is 6.61 Å². The van der Waals surface area contributed by atoms with Crippen LogP contribution in [0.5, 0.6) is 0 Å². The molecule has 6 nitrogen and oxygen atoms in total. The van der Waals surface area contributed by atoms with Crippen molar-refractivity contribution in [2.45, 2.75) is 27.3 Å². The summed E-state index contributed by atoms with van der Waals surface area (Å²) in [6, 6.07) is 3.70. The van der Waals surface area contributed by atoms with Crippen LogP contribution in [0.1, 0.15) is 31.3 Å². The van der Waals surface area contributed by atoms with Gasteiger partial charge in [0, 0.05) is 24.5 Å². The third-order valence-corrected chi connectivity index (χ3v) is 2.68. The van der Waals surface area contributed by atoms with E-state index in [1.165, 1.54) is 0 Å². The molecular weight excluding hydrogens is 256 g/mol. The summed E-state index contributed by atoms with van der Waals surface area (Å²) in [4.78, 5) is 16.1. The number of pyridine rings is 1. The van der Waals surface area contributed by atoms with E-state index in [1.807, 2.05) is 12.1 Å². The van der Waals surface area contributed by atoms with Crippen molar-refractivity contribution >= 4 is 5.97 Å². The van der Waals surface area contributed by atoms with Crippen LogP contribution in [0.25, 0.3) is 11.3 Å². The number of aromatic nitrogens is 4. The molecule has 2 rings (SSSR count). The molecule has 0 fully saturated rings. The van der Waals surface area contributed by atoms with E-state index in [0.717, 1.165) is 5.56 Å². The first-order valence-corrected chi connectivity index (χ1v) is 6.64. The standard InChI is InChI=1S/C14H18N4O2/c1-4-20-14(19)12-13(11-6-5-7-15-8-11)18(17-16-12)9-10(2)3/h5-8,10H,4,9H2,1-3H3. The van der Waals surface area contributed by atoms with Gasteiger partial charge in [0.2, 0.25) is 0 Å². The fourth-order valence-corrected chi connectivity index (χ4v) is 1.91. The Morgan fingerprint density at radius 1 is 1.45 bits per heavy atom. The van der Waals surface area contributed by atoms with Crippen LogP contribution in [0, 0.1) is 5.92 Å². The number of esters is 1. The highest BCUT2D eigenvalue weighted by molar-refractivity contribution is 5.93. The molecule has 0 saturated carbocycles. The number of ether oxygens (including phenoxy) is 1. The Hall–Kier alpha value is -2.24. The zero-order valence-corrected chi connectivity index (χ0v) is 11.9. The van der Waals surface area contributed by atoms with E-state index in [9.17, 15) is 4.79 Å². The van der Waals surface area contributed by atoms with Gasteiger partial charge in [0.1, 0.15) is 5.69 Å². The van der Waals surface area contributed by atoms with E-state index in [2.05, 4.69) is 29.1 Å². The second-order valence-electron chi connectivity index (χ2n) is 4.82. The number of hydrogen-bond donors (Lipinski definition) is 0. The SMILES string of the molecule is CCOC(=O)c1nnn(CC(C)C)c1-c1cccnc1. The zero-order chi connectivity index (χ0) is 14.5. The normalized spacial score (nSPS) is 10.8. The molecule has 2 aromatic heterocycles. The summed E-state index contributed by atoms with van der Waals surface area (Å²) in [6.07, 6.45) is 3.38. The molecule has 2 aromatic rings. The van der Waals surface area contributed by atoms with Crippen LogP contribution in [0.4, 0.5) is 0 Å². The molecule has 0 aliphatic heterocycles. The molecule has 0 amide bonds. The molecule has 0 aliphatic carbocycles. The summed E-state index contributed by atoms with van der Waals surface area (Å²) in [5, 5.41) is 8.05. The summed E-state index contributed by atoms with van der Waals surface area (Å²) >= 11 is 0. The minimum absolute atomic E-state index is 0.237. The third-order valence-electron chi connectivity index (χ3n) is 2.68. The van der Waals surface area contributed by atoms with Crippen molar-refractivity contribution in [1.82, 2.24) is 20.0 Å². The van der Waals surface area contributed by atoms with Gasteiger partial charge in [-0.1, -0.05) is 19.1 Å². The van der Waals surface area contributed by atoms with Crippen LogP contribution in [0.15, 0.2) is 24.5 Å². The smallest absolute Gasteiger partial charge is 0.361 e. The molecule has 106 valence electrons. The van der Waals surface area contributed by atoms with Gasteiger partial charge in [-0.3, -0.25) is 4.98 Å². The second-order valence-corrected chi connectivity index (χ2v) is 4.82. The van der Waals surface area contributed by atoms with E-state index in [0.29, 0.717) is 24.8 Å². The minimum Gasteiger partial charge on any atom is -0.461 e. The van der Waals surface area contributed by atoms with Crippen LogP contribution in [-0.2, 0) is 11.3 Å². The molecule has 0 radical (unpaired) electrons. The number of carbonyl (C=O) groups excluding carboxylic acids is 1. The number of carbonyl (C=O) groups is 1. The number of rotatable bonds is 5. The van der Waals surface area contributed by atoms with E-state index in [-0.39, 0.29) is 5.69 Å². The van der Waals surface area contributed by atoms with Gasteiger partial charge in [-0.05, 0) is 25.0 Å². The fraction of sp³-hybridized carbons (Fsp3) is 0.429. The molecule has 0 bridgehead atoms. The maximum Gasteiger partial charge on any atom is 0.361 e. The average molecular weight is 274 g/mol. The monoisotopic (exact) mass is 274 g/mol. The Morgan fingerprint density at radius 2 is 2.25 bits per heavy atom. The summed E-state index contributed by atoms with van der Waals surface area (Å²) in [5.74, 6) is -0.0662. The molecule has 0 N–H and O–H groups in total. The van der Waals surface area contributed by atoms with Crippen molar-refractivity contribution < 1.29 is 9.53 Å². The quantitative estimate of drug-likeness (QED) is 0.781. The van der Waals surface area contributed by atoms with Crippen molar-refractivity contribution in [3.8, 4) is 11.3 Å².